The number of carbonyl (C=O) groups excluding carboxylic acids is 1. The molecule has 1 N–H and O–H groups in total. The van der Waals surface area contributed by atoms with Gasteiger partial charge in [0.1, 0.15) is 0 Å². The average Bonchev–Trinajstić information content (AvgIpc) is 2.97. The molecule has 0 amide bonds. The third-order valence-corrected chi connectivity index (χ3v) is 7.38. The standard InChI is InChI=1S/C18H16N2O3S/c1-11-9-19-17-14(21)7-15-18(16(11)17)8-12(18)10-20(15)24(22,23)13-5-3-2-4-6-13/h2-7,9,12,19H,8,10H2,1H3. The lowest BCUT2D eigenvalue weighted by Crippen LogP contribution is -2.33. The summed E-state index contributed by atoms with van der Waals surface area (Å²) in [6.45, 7) is 2.42. The van der Waals surface area contributed by atoms with Crippen molar-refractivity contribution in [2.24, 2.45) is 5.92 Å². The van der Waals surface area contributed by atoms with Gasteiger partial charge in [-0.15, -0.1) is 0 Å². The van der Waals surface area contributed by atoms with E-state index in [0.29, 0.717) is 17.9 Å². The van der Waals surface area contributed by atoms with Crippen LogP contribution in [0.15, 0.2) is 53.2 Å². The number of aryl methyl sites for hydroxylation is 1. The van der Waals surface area contributed by atoms with Crippen LogP contribution in [0.25, 0.3) is 0 Å². The van der Waals surface area contributed by atoms with E-state index in [2.05, 4.69) is 4.98 Å². The summed E-state index contributed by atoms with van der Waals surface area (Å²) in [4.78, 5) is 15.8. The van der Waals surface area contributed by atoms with E-state index < -0.39 is 10.0 Å². The number of fused-ring (bicyclic) bond motifs is 1. The zero-order valence-electron chi connectivity index (χ0n) is 13.1. The third-order valence-electron chi connectivity index (χ3n) is 5.59. The van der Waals surface area contributed by atoms with Crippen molar-refractivity contribution in [3.05, 3.63) is 65.1 Å². The van der Waals surface area contributed by atoms with Crippen molar-refractivity contribution in [1.29, 1.82) is 0 Å². The van der Waals surface area contributed by atoms with E-state index in [9.17, 15) is 13.2 Å². The minimum Gasteiger partial charge on any atom is -0.358 e. The van der Waals surface area contributed by atoms with Gasteiger partial charge in [-0.05, 0) is 42.5 Å². The molecule has 2 unspecified atom stereocenters. The highest BCUT2D eigenvalue weighted by atomic mass is 32.2. The van der Waals surface area contributed by atoms with Gasteiger partial charge in [-0.25, -0.2) is 8.42 Å². The fourth-order valence-corrected chi connectivity index (χ4v) is 6.06. The first kappa shape index (κ1) is 14.0. The van der Waals surface area contributed by atoms with E-state index in [-0.39, 0.29) is 22.0 Å². The molecule has 2 fully saturated rings. The Labute approximate surface area is 140 Å². The van der Waals surface area contributed by atoms with Gasteiger partial charge in [-0.3, -0.25) is 9.10 Å². The summed E-state index contributed by atoms with van der Waals surface area (Å²) < 4.78 is 27.6. The molecule has 2 aromatic rings. The van der Waals surface area contributed by atoms with Crippen molar-refractivity contribution in [3.8, 4) is 0 Å². The second-order valence-corrected chi connectivity index (χ2v) is 8.70. The van der Waals surface area contributed by atoms with E-state index in [1.165, 1.54) is 10.4 Å². The molecule has 5 rings (SSSR count). The molecule has 2 aliphatic carbocycles. The zero-order valence-corrected chi connectivity index (χ0v) is 13.9. The molecule has 1 aromatic heterocycles. The van der Waals surface area contributed by atoms with E-state index in [1.807, 2.05) is 13.1 Å². The fourth-order valence-electron chi connectivity index (χ4n) is 4.45. The molecule has 1 aromatic carbocycles. The van der Waals surface area contributed by atoms with Crippen molar-refractivity contribution in [2.75, 3.05) is 6.54 Å². The van der Waals surface area contributed by atoms with Gasteiger partial charge in [-0.1, -0.05) is 18.2 Å². The van der Waals surface area contributed by atoms with Gasteiger partial charge in [0.05, 0.1) is 10.6 Å². The average molecular weight is 340 g/mol. The van der Waals surface area contributed by atoms with Gasteiger partial charge in [0.25, 0.3) is 10.0 Å². The topological polar surface area (TPSA) is 70.2 Å². The van der Waals surface area contributed by atoms with Crippen LogP contribution in [-0.4, -0.2) is 30.0 Å². The van der Waals surface area contributed by atoms with Crippen molar-refractivity contribution in [1.82, 2.24) is 9.29 Å². The predicted molar refractivity (Wildman–Crippen MR) is 88.1 cm³/mol. The molecule has 1 aliphatic heterocycles. The second-order valence-electron chi connectivity index (χ2n) is 6.84. The Morgan fingerprint density at radius 3 is 2.75 bits per heavy atom. The Morgan fingerprint density at radius 2 is 2.00 bits per heavy atom. The number of aromatic amines is 1. The number of ketones is 1. The number of aromatic nitrogens is 1. The van der Waals surface area contributed by atoms with Gasteiger partial charge in [0, 0.05) is 29.9 Å². The minimum absolute atomic E-state index is 0.139. The Morgan fingerprint density at radius 1 is 1.25 bits per heavy atom. The Balaban J connectivity index is 1.67. The molecule has 1 spiro atoms. The molecule has 0 radical (unpaired) electrons. The summed E-state index contributed by atoms with van der Waals surface area (Å²) >= 11 is 0. The molecule has 5 nitrogen and oxygen atoms in total. The molecule has 2 heterocycles. The molecular weight excluding hydrogens is 324 g/mol. The van der Waals surface area contributed by atoms with Crippen LogP contribution >= 0.6 is 0 Å². The normalized spacial score (nSPS) is 27.4. The molecule has 2 atom stereocenters. The van der Waals surface area contributed by atoms with E-state index in [4.69, 9.17) is 0 Å². The minimum atomic E-state index is -3.64. The lowest BCUT2D eigenvalue weighted by Gasteiger charge is -2.29. The first-order valence-electron chi connectivity index (χ1n) is 7.99. The maximum absolute atomic E-state index is 13.1. The van der Waals surface area contributed by atoms with Gasteiger partial charge in [-0.2, -0.15) is 0 Å². The van der Waals surface area contributed by atoms with Crippen LogP contribution in [0.2, 0.25) is 0 Å². The first-order valence-corrected chi connectivity index (χ1v) is 9.43. The number of sulfonamides is 1. The zero-order chi connectivity index (χ0) is 16.7. The van der Waals surface area contributed by atoms with Gasteiger partial charge < -0.3 is 4.98 Å². The molecule has 24 heavy (non-hydrogen) atoms. The first-order chi connectivity index (χ1) is 11.5. The molecule has 1 saturated carbocycles. The number of hydrogen-bond acceptors (Lipinski definition) is 3. The summed E-state index contributed by atoms with van der Waals surface area (Å²) in [5.41, 5.74) is 3.01. The van der Waals surface area contributed by atoms with Crippen LogP contribution in [0.1, 0.15) is 28.0 Å². The molecule has 6 heteroatoms. The number of carbonyl (C=O) groups is 1. The number of nitrogens with one attached hydrogen (secondary N) is 1. The van der Waals surface area contributed by atoms with Crippen LogP contribution < -0.4 is 0 Å². The van der Waals surface area contributed by atoms with Crippen molar-refractivity contribution in [2.45, 2.75) is 23.7 Å². The summed E-state index contributed by atoms with van der Waals surface area (Å²) in [7, 11) is -3.64. The number of piperidine rings is 1. The van der Waals surface area contributed by atoms with Crippen molar-refractivity contribution < 1.29 is 13.2 Å². The SMILES string of the molecule is Cc1c[nH]c2c1C13CC1CN(S(=O)(=O)c1ccccc1)C3=CC2=O. The fraction of sp³-hybridized carbons (Fsp3) is 0.278. The number of hydrogen-bond donors (Lipinski definition) is 1. The van der Waals surface area contributed by atoms with Gasteiger partial charge in [0.2, 0.25) is 5.78 Å². The Kier molecular flexibility index (Phi) is 2.45. The number of rotatable bonds is 2. The van der Waals surface area contributed by atoms with E-state index in [1.54, 1.807) is 30.3 Å². The molecule has 122 valence electrons. The van der Waals surface area contributed by atoms with Crippen LogP contribution in [0.4, 0.5) is 0 Å². The van der Waals surface area contributed by atoms with Crippen LogP contribution in [-0.2, 0) is 15.4 Å². The lowest BCUT2D eigenvalue weighted by molar-refractivity contribution is 0.103. The molecular formula is C18H16N2O3S. The third kappa shape index (κ3) is 1.50. The van der Waals surface area contributed by atoms with Crippen molar-refractivity contribution in [3.63, 3.8) is 0 Å². The van der Waals surface area contributed by atoms with Crippen molar-refractivity contribution >= 4 is 15.8 Å². The van der Waals surface area contributed by atoms with Gasteiger partial charge >= 0.3 is 0 Å². The van der Waals surface area contributed by atoms with E-state index in [0.717, 1.165) is 17.5 Å². The summed E-state index contributed by atoms with van der Waals surface area (Å²) in [5, 5.41) is 0. The largest absolute Gasteiger partial charge is 0.358 e. The maximum atomic E-state index is 13.1. The molecule has 1 saturated heterocycles. The smallest absolute Gasteiger partial charge is 0.264 e. The predicted octanol–water partition coefficient (Wildman–Crippen LogP) is 2.37. The Bertz CT molecular complexity index is 1020. The molecule has 0 bridgehead atoms. The van der Waals surface area contributed by atoms with Gasteiger partial charge in [0.15, 0.2) is 0 Å². The monoisotopic (exact) mass is 340 g/mol. The molecule has 3 aliphatic rings. The summed E-state index contributed by atoms with van der Waals surface area (Å²) in [5.74, 6) is 0.114. The second kappa shape index (κ2) is 4.19. The van der Waals surface area contributed by atoms with E-state index >= 15 is 0 Å². The number of benzene rings is 1. The number of H-pyrrole nitrogens is 1. The highest BCUT2D eigenvalue weighted by molar-refractivity contribution is 7.89. The quantitative estimate of drug-likeness (QED) is 0.912. The van der Waals surface area contributed by atoms with Crippen LogP contribution in [0.5, 0.6) is 0 Å². The lowest BCUT2D eigenvalue weighted by atomic mass is 9.83. The highest BCUT2D eigenvalue weighted by Crippen LogP contribution is 2.67. The number of nitrogens with zero attached hydrogens (tertiary/aromatic N) is 1. The maximum Gasteiger partial charge on any atom is 0.264 e. The van der Waals surface area contributed by atoms with Crippen LogP contribution in [0.3, 0.4) is 0 Å². The summed E-state index contributed by atoms with van der Waals surface area (Å²) in [6.07, 6.45) is 4.28. The highest BCUT2D eigenvalue weighted by Gasteiger charge is 2.68. The Hall–Kier alpha value is -2.34. The summed E-state index contributed by atoms with van der Waals surface area (Å²) in [6, 6.07) is 8.43. The van der Waals surface area contributed by atoms with Crippen LogP contribution in [0, 0.1) is 12.8 Å². The number of allylic oxidation sites excluding steroid dienone is 2.